The molecule has 3 aliphatic rings. The van der Waals surface area contributed by atoms with Gasteiger partial charge in [0.2, 0.25) is 0 Å². The fourth-order valence-electron chi connectivity index (χ4n) is 0.704. The fraction of sp³-hybridized carbons (Fsp3) is 0.288. The van der Waals surface area contributed by atoms with Gasteiger partial charge in [-0.25, -0.2) is 0 Å². The Morgan fingerprint density at radius 3 is 0.288 bits per heavy atom. The quantitative estimate of drug-likeness (QED) is 0.213. The second-order valence-corrected chi connectivity index (χ2v) is 5.94. The molecule has 59 heavy (non-hydrogen) atoms. The Hall–Kier alpha value is -5.46. The van der Waals surface area contributed by atoms with Crippen molar-refractivity contribution >= 4 is 0 Å². The highest BCUT2D eigenvalue weighted by atomic mass is 14.0. The van der Waals surface area contributed by atoms with Gasteiger partial charge in [-0.1, -0.05) is 107 Å². The van der Waals surface area contributed by atoms with Crippen LogP contribution in [0, 0.1) is 0 Å². The van der Waals surface area contributed by atoms with Crippen molar-refractivity contribution in [3.05, 3.63) is 274 Å². The van der Waals surface area contributed by atoms with E-state index in [1.54, 1.807) is 30.4 Å². The highest BCUT2D eigenvalue weighted by molar-refractivity contribution is 4.53. The zero-order valence-electron chi connectivity index (χ0n) is 45.1. The van der Waals surface area contributed by atoms with Crippen LogP contribution in [0.5, 0.6) is 0 Å². The van der Waals surface area contributed by atoms with Crippen LogP contribution in [0.4, 0.5) is 0 Å². The minimum atomic E-state index is 0.315. The standard InChI is InChI=1S/3C4H8.5C3H6.16C2H4/c3*1-2-4-3-1;5*1-3-2;16*1-2/h3*1-4H2;5*3H,1H2,2H3;16*1-2H2/i1T;;;2*1T;;;;;;;;;;;;;;;;;;;. The lowest BCUT2D eigenvalue weighted by atomic mass is 10.0. The molecule has 0 aromatic carbocycles. The SMILES string of the molecule is C1CCC1.C1CCC1.C=C.C=C.C=C.C=C.C=C.C=C.C=C.C=C.C=C.C=C.C=C.C=C.C=C.C=C.C=C.C=C.C=CC.C=CC.C=CC.[3H]C1CCC1.[3H]C=CC.[3H]C=CC. The third kappa shape index (κ3) is 3140. The van der Waals surface area contributed by atoms with Crippen LogP contribution in [0.3, 0.4) is 0 Å². The Balaban J connectivity index is -0.0000000151. The largest absolute Gasteiger partial charge is 0.106 e. The van der Waals surface area contributed by atoms with E-state index in [0.717, 1.165) is 12.8 Å². The lowest BCUT2D eigenvalue weighted by Gasteiger charge is -2.05. The second kappa shape index (κ2) is 1050. The molecule has 0 aromatic heterocycles. The van der Waals surface area contributed by atoms with Crippen molar-refractivity contribution in [2.24, 2.45) is 0 Å². The first-order valence-corrected chi connectivity index (χ1v) is 18.6. The molecule has 0 N–H and O–H groups in total. The van der Waals surface area contributed by atoms with E-state index in [1.165, 1.54) is 70.9 Å². The van der Waals surface area contributed by atoms with Crippen molar-refractivity contribution in [3.63, 3.8) is 0 Å². The summed E-state index contributed by atoms with van der Waals surface area (Å²) in [5.74, 6) is 0. The van der Waals surface area contributed by atoms with Crippen molar-refractivity contribution in [1.29, 1.82) is 0 Å². The fourth-order valence-corrected chi connectivity index (χ4v) is 0.704. The molecule has 0 bridgehead atoms. The zero-order chi connectivity index (χ0) is 56.3. The molecule has 0 spiro atoms. The monoisotopic (exact) mass is 833 g/mol. The minimum Gasteiger partial charge on any atom is -0.106 e. The molecule has 354 valence electrons. The van der Waals surface area contributed by atoms with Gasteiger partial charge in [-0.15, -0.1) is 243 Å². The van der Waals surface area contributed by atoms with Gasteiger partial charge in [0.25, 0.3) is 0 Å². The Bertz CT molecular complexity index is 429. The van der Waals surface area contributed by atoms with Crippen molar-refractivity contribution in [1.82, 2.24) is 0 Å². The van der Waals surface area contributed by atoms with E-state index in [-0.39, 0.29) is 0 Å². The van der Waals surface area contributed by atoms with E-state index in [0.29, 0.717) is 6.40 Å². The lowest BCUT2D eigenvalue weighted by Crippen LogP contribution is -1.85. The predicted octanol–water partition coefficient (Wildman–Crippen LogP) is 23.5. The highest BCUT2D eigenvalue weighted by Crippen LogP contribution is 2.15. The topological polar surface area (TPSA) is 0 Å². The van der Waals surface area contributed by atoms with Gasteiger partial charge in [-0.3, -0.25) is 0 Å². The third-order valence-corrected chi connectivity index (χ3v) is 2.82. The maximum Gasteiger partial charge on any atom is 0.0534 e. The van der Waals surface area contributed by atoms with Crippen molar-refractivity contribution in [3.8, 4) is 0 Å². The van der Waals surface area contributed by atoms with E-state index in [1.807, 2.05) is 34.6 Å². The summed E-state index contributed by atoms with van der Waals surface area (Å²) in [7, 11) is 0. The Morgan fingerprint density at radius 1 is 0.237 bits per heavy atom. The third-order valence-electron chi connectivity index (χ3n) is 2.82. The van der Waals surface area contributed by atoms with Crippen LogP contribution >= 0.6 is 0 Å². The van der Waals surface area contributed by atoms with E-state index >= 15 is 0 Å². The zero-order valence-corrected chi connectivity index (χ0v) is 42.1. The molecule has 3 rings (SSSR count). The summed E-state index contributed by atoms with van der Waals surface area (Å²) in [4.78, 5) is 0. The molecule has 3 fully saturated rings. The van der Waals surface area contributed by atoms with E-state index in [2.05, 4.69) is 230 Å². The molecule has 3 aliphatic carbocycles. The van der Waals surface area contributed by atoms with Crippen LogP contribution in [0.2, 0.25) is 0 Å². The normalized spacial score (nSPS) is 8.53. The number of hydrogen-bond acceptors (Lipinski definition) is 0. The average Bonchev–Trinajstić information content (AvgIpc) is 3.36. The molecule has 0 heteroatoms. The smallest absolute Gasteiger partial charge is 0.0534 e. The Labute approximate surface area is 388 Å². The first-order valence-electron chi connectivity index (χ1n) is 20.3. The summed E-state index contributed by atoms with van der Waals surface area (Å²) in [5, 5.41) is 0. The maximum absolute atomic E-state index is 6.91. The second-order valence-electron chi connectivity index (χ2n) is 5.94. The molecular formula is C59H118. The molecule has 0 saturated heterocycles. The summed E-state index contributed by atoms with van der Waals surface area (Å²) in [6.07, 6.45) is 24.5. The first-order chi connectivity index (χ1) is 30.5. The molecule has 0 heterocycles. The number of hydrogen-bond donors (Lipinski definition) is 0. The molecule has 3 saturated carbocycles. The van der Waals surface area contributed by atoms with Crippen molar-refractivity contribution < 1.29 is 4.11 Å². The van der Waals surface area contributed by atoms with E-state index < -0.39 is 0 Å². The molecule has 0 radical (unpaired) electrons. The molecule has 0 unspecified atom stereocenters. The molecular weight excluding hydrogens is 709 g/mol. The van der Waals surface area contributed by atoms with Gasteiger partial charge in [-0.05, 0) is 34.6 Å². The molecule has 0 aliphatic heterocycles. The average molecular weight is 834 g/mol. The van der Waals surface area contributed by atoms with Crippen molar-refractivity contribution in [2.45, 2.75) is 112 Å². The predicted molar refractivity (Wildman–Crippen MR) is 315 cm³/mol. The number of allylic oxidation sites excluding steroid dienone is 5. The minimum absolute atomic E-state index is 0.315. The van der Waals surface area contributed by atoms with Gasteiger partial charge in [0.1, 0.15) is 0 Å². The van der Waals surface area contributed by atoms with Crippen LogP contribution in [0.25, 0.3) is 0 Å². The van der Waals surface area contributed by atoms with Gasteiger partial charge < -0.3 is 0 Å². The molecule has 0 amide bonds. The lowest BCUT2D eigenvalue weighted by molar-refractivity contribution is 0.504. The summed E-state index contributed by atoms with van der Waals surface area (Å²) in [6.45, 7) is 118. The van der Waals surface area contributed by atoms with Gasteiger partial charge in [0.05, 0.1) is 2.74 Å². The molecule has 0 atom stereocenters. The highest BCUT2D eigenvalue weighted by Gasteiger charge is 1.96. The molecule has 0 nitrogen and oxygen atoms in total. The van der Waals surface area contributed by atoms with E-state index in [9.17, 15) is 0 Å². The molecule has 0 aromatic rings. The maximum atomic E-state index is 6.91. The van der Waals surface area contributed by atoms with Gasteiger partial charge in [0, 0.05) is 1.37 Å². The summed E-state index contributed by atoms with van der Waals surface area (Å²) >= 11 is 0. The van der Waals surface area contributed by atoms with Crippen LogP contribution < -0.4 is 0 Å². The van der Waals surface area contributed by atoms with Crippen LogP contribution in [-0.2, 0) is 0 Å². The van der Waals surface area contributed by atoms with Gasteiger partial charge in [-0.2, -0.15) is 0 Å². The first kappa shape index (κ1) is 117. The van der Waals surface area contributed by atoms with Crippen LogP contribution in [0.15, 0.2) is 274 Å². The summed E-state index contributed by atoms with van der Waals surface area (Å²) < 4.78 is 19.5. The van der Waals surface area contributed by atoms with Gasteiger partial charge >= 0.3 is 0 Å². The van der Waals surface area contributed by atoms with Crippen molar-refractivity contribution in [2.75, 3.05) is 0 Å². The summed E-state index contributed by atoms with van der Waals surface area (Å²) in [6, 6.07) is 0. The Kier molecular flexibility index (Phi) is 2080. The summed E-state index contributed by atoms with van der Waals surface area (Å²) in [5.41, 5.74) is 0. The van der Waals surface area contributed by atoms with Crippen LogP contribution in [-0.4, -0.2) is 0 Å². The van der Waals surface area contributed by atoms with E-state index in [4.69, 9.17) is 4.11 Å². The van der Waals surface area contributed by atoms with Gasteiger partial charge in [0.15, 0.2) is 0 Å². The van der Waals surface area contributed by atoms with Crippen LogP contribution in [0.1, 0.15) is 116 Å². The number of rotatable bonds is 0. The Morgan fingerprint density at radius 2 is 0.288 bits per heavy atom.